The van der Waals surface area contributed by atoms with Gasteiger partial charge in [-0.1, -0.05) is 13.3 Å². The Bertz CT molecular complexity index is 723. The monoisotopic (exact) mass is 326 g/mol. The molecule has 0 spiro atoms. The van der Waals surface area contributed by atoms with E-state index < -0.39 is 6.09 Å². The normalized spacial score (nSPS) is 9.88. The van der Waals surface area contributed by atoms with Crippen molar-refractivity contribution in [3.05, 3.63) is 54.4 Å². The molecule has 0 unspecified atom stereocenters. The number of isocyanates is 1. The van der Waals surface area contributed by atoms with Crippen molar-refractivity contribution in [2.75, 3.05) is 11.9 Å². The van der Waals surface area contributed by atoms with Crippen LogP contribution < -0.4 is 9.88 Å². The molecule has 1 amide bonds. The second-order valence-electron chi connectivity index (χ2n) is 5.21. The Kier molecular flexibility index (Phi) is 6.68. The molecular formula is C18H20N3O3+. The van der Waals surface area contributed by atoms with Crippen LogP contribution in [0.15, 0.2) is 53.8 Å². The van der Waals surface area contributed by atoms with Gasteiger partial charge in [-0.2, -0.15) is 4.99 Å². The summed E-state index contributed by atoms with van der Waals surface area (Å²) in [6.45, 7) is 3.01. The van der Waals surface area contributed by atoms with Crippen molar-refractivity contribution in [1.29, 1.82) is 0 Å². The number of anilines is 1. The largest absolute Gasteiger partial charge is 0.443 e. The fourth-order valence-corrected chi connectivity index (χ4v) is 2.22. The highest BCUT2D eigenvalue weighted by atomic mass is 16.5. The van der Waals surface area contributed by atoms with Crippen molar-refractivity contribution in [3.8, 4) is 0 Å². The van der Waals surface area contributed by atoms with Crippen LogP contribution in [0, 0.1) is 0 Å². The van der Waals surface area contributed by atoms with E-state index in [1.54, 1.807) is 24.3 Å². The Labute approximate surface area is 140 Å². The molecule has 6 heteroatoms. The molecule has 0 radical (unpaired) electrons. The standard InChI is InChI=1S/C18H19N3O3/c1-2-4-15-5-3-10-21(13-15)11-12-24-18(23)20-17-8-6-16(7-9-17)19-14-22/h3,5-10,13H,2,4,11-12H2,1H3/p+1. The number of aromatic nitrogens is 1. The maximum absolute atomic E-state index is 11.8. The molecule has 1 aromatic heterocycles. The van der Waals surface area contributed by atoms with E-state index in [1.165, 1.54) is 11.6 Å². The lowest BCUT2D eigenvalue weighted by atomic mass is 10.2. The molecule has 0 saturated heterocycles. The lowest BCUT2D eigenvalue weighted by molar-refractivity contribution is -0.698. The summed E-state index contributed by atoms with van der Waals surface area (Å²) in [6, 6.07) is 10.6. The topological polar surface area (TPSA) is 71.6 Å². The van der Waals surface area contributed by atoms with Crippen LogP contribution in [-0.2, 0) is 22.5 Å². The summed E-state index contributed by atoms with van der Waals surface area (Å²) >= 11 is 0. The molecule has 24 heavy (non-hydrogen) atoms. The first-order valence-corrected chi connectivity index (χ1v) is 7.81. The van der Waals surface area contributed by atoms with E-state index in [4.69, 9.17) is 4.74 Å². The highest BCUT2D eigenvalue weighted by Crippen LogP contribution is 2.15. The Morgan fingerprint density at radius 3 is 2.79 bits per heavy atom. The first kappa shape index (κ1) is 17.4. The third kappa shape index (κ3) is 5.66. The maximum Gasteiger partial charge on any atom is 0.411 e. The predicted molar refractivity (Wildman–Crippen MR) is 89.8 cm³/mol. The van der Waals surface area contributed by atoms with Gasteiger partial charge in [0.15, 0.2) is 25.5 Å². The molecular weight excluding hydrogens is 306 g/mol. The fourth-order valence-electron chi connectivity index (χ4n) is 2.22. The third-order valence-corrected chi connectivity index (χ3v) is 3.33. The number of amides is 1. The van der Waals surface area contributed by atoms with E-state index in [-0.39, 0.29) is 6.61 Å². The number of hydrogen-bond acceptors (Lipinski definition) is 4. The Hall–Kier alpha value is -2.98. The van der Waals surface area contributed by atoms with Crippen molar-refractivity contribution in [1.82, 2.24) is 0 Å². The van der Waals surface area contributed by atoms with Crippen LogP contribution >= 0.6 is 0 Å². The number of pyridine rings is 1. The zero-order valence-corrected chi connectivity index (χ0v) is 13.6. The minimum Gasteiger partial charge on any atom is -0.443 e. The van der Waals surface area contributed by atoms with Gasteiger partial charge in [-0.15, -0.1) is 0 Å². The molecule has 6 nitrogen and oxygen atoms in total. The number of nitrogens with one attached hydrogen (secondary N) is 1. The highest BCUT2D eigenvalue weighted by molar-refractivity contribution is 5.84. The summed E-state index contributed by atoms with van der Waals surface area (Å²) in [4.78, 5) is 25.4. The van der Waals surface area contributed by atoms with Crippen LogP contribution in [0.4, 0.5) is 16.2 Å². The smallest absolute Gasteiger partial charge is 0.411 e. The van der Waals surface area contributed by atoms with Gasteiger partial charge < -0.3 is 4.74 Å². The molecule has 0 aliphatic heterocycles. The number of aliphatic imine (C=N–C) groups is 1. The van der Waals surface area contributed by atoms with Crippen molar-refractivity contribution in [2.24, 2.45) is 4.99 Å². The lowest BCUT2D eigenvalue weighted by Crippen LogP contribution is -2.36. The second-order valence-corrected chi connectivity index (χ2v) is 5.21. The van der Waals surface area contributed by atoms with Crippen LogP contribution in [0.2, 0.25) is 0 Å². The minimum absolute atomic E-state index is 0.277. The van der Waals surface area contributed by atoms with Crippen molar-refractivity contribution in [3.63, 3.8) is 0 Å². The van der Waals surface area contributed by atoms with Crippen LogP contribution in [-0.4, -0.2) is 18.8 Å². The van der Waals surface area contributed by atoms with Crippen LogP contribution in [0.25, 0.3) is 0 Å². The van der Waals surface area contributed by atoms with Crippen molar-refractivity contribution in [2.45, 2.75) is 26.3 Å². The van der Waals surface area contributed by atoms with Gasteiger partial charge in [-0.3, -0.25) is 5.32 Å². The average molecular weight is 326 g/mol. The van der Waals surface area contributed by atoms with Crippen molar-refractivity contribution >= 4 is 23.5 Å². The quantitative estimate of drug-likeness (QED) is 0.483. The predicted octanol–water partition coefficient (Wildman–Crippen LogP) is 3.14. The van der Waals surface area contributed by atoms with Gasteiger partial charge in [0.25, 0.3) is 0 Å². The zero-order chi connectivity index (χ0) is 17.2. The number of carbonyl (C=O) groups excluding carboxylic acids is 2. The molecule has 0 atom stereocenters. The molecule has 0 saturated carbocycles. The van der Waals surface area contributed by atoms with Crippen LogP contribution in [0.5, 0.6) is 0 Å². The molecule has 0 fully saturated rings. The van der Waals surface area contributed by atoms with Gasteiger partial charge in [0.05, 0.1) is 5.69 Å². The summed E-state index contributed by atoms with van der Waals surface area (Å²) in [6.07, 6.45) is 7.09. The maximum atomic E-state index is 11.8. The van der Waals surface area contributed by atoms with E-state index in [1.807, 2.05) is 16.8 Å². The number of rotatable bonds is 7. The minimum atomic E-state index is -0.521. The van der Waals surface area contributed by atoms with Gasteiger partial charge in [0.2, 0.25) is 6.08 Å². The SMILES string of the molecule is CCCc1ccc[n+](CCOC(=O)Nc2ccc(N=C=O)cc2)c1. The van der Waals surface area contributed by atoms with Gasteiger partial charge in [-0.25, -0.2) is 14.2 Å². The average Bonchev–Trinajstić information content (AvgIpc) is 2.58. The summed E-state index contributed by atoms with van der Waals surface area (Å²) in [5.74, 6) is 0. The molecule has 0 aliphatic rings. The number of hydrogen-bond donors (Lipinski definition) is 1. The second kappa shape index (κ2) is 9.22. The molecule has 2 rings (SSSR count). The van der Waals surface area contributed by atoms with Crippen molar-refractivity contribution < 1.29 is 18.9 Å². The van der Waals surface area contributed by atoms with Gasteiger partial charge >= 0.3 is 6.09 Å². The first-order chi connectivity index (χ1) is 11.7. The Morgan fingerprint density at radius 2 is 2.08 bits per heavy atom. The fraction of sp³-hybridized carbons (Fsp3) is 0.278. The van der Waals surface area contributed by atoms with Gasteiger partial charge in [0.1, 0.15) is 0 Å². The molecule has 2 aromatic rings. The third-order valence-electron chi connectivity index (χ3n) is 3.33. The molecule has 0 bridgehead atoms. The van der Waals surface area contributed by atoms with E-state index >= 15 is 0 Å². The molecule has 1 aromatic carbocycles. The number of aryl methyl sites for hydroxylation is 1. The van der Waals surface area contributed by atoms with Gasteiger partial charge in [-0.05, 0) is 36.8 Å². The van der Waals surface area contributed by atoms with E-state index in [0.29, 0.717) is 17.9 Å². The Morgan fingerprint density at radius 1 is 1.29 bits per heavy atom. The summed E-state index contributed by atoms with van der Waals surface area (Å²) < 4.78 is 7.18. The van der Waals surface area contributed by atoms with Gasteiger partial charge in [0, 0.05) is 17.3 Å². The van der Waals surface area contributed by atoms with Crippen LogP contribution in [0.3, 0.4) is 0 Å². The molecule has 0 aliphatic carbocycles. The van der Waals surface area contributed by atoms with E-state index in [0.717, 1.165) is 12.8 Å². The summed E-state index contributed by atoms with van der Waals surface area (Å²) in [7, 11) is 0. The molecule has 124 valence electrons. The highest BCUT2D eigenvalue weighted by Gasteiger charge is 2.07. The summed E-state index contributed by atoms with van der Waals surface area (Å²) in [5.41, 5.74) is 2.32. The number of benzene rings is 1. The van der Waals surface area contributed by atoms with E-state index in [2.05, 4.69) is 29.5 Å². The molecule has 1 N–H and O–H groups in total. The van der Waals surface area contributed by atoms with E-state index in [9.17, 15) is 9.59 Å². The van der Waals surface area contributed by atoms with Crippen LogP contribution in [0.1, 0.15) is 18.9 Å². The number of ether oxygens (including phenoxy) is 1. The first-order valence-electron chi connectivity index (χ1n) is 7.81. The lowest BCUT2D eigenvalue weighted by Gasteiger charge is -2.06. The summed E-state index contributed by atoms with van der Waals surface area (Å²) in [5, 5.41) is 2.62. The number of nitrogens with zero attached hydrogens (tertiary/aromatic N) is 2. The number of carbonyl (C=O) groups is 1. The zero-order valence-electron chi connectivity index (χ0n) is 13.6. The molecule has 1 heterocycles. The Balaban J connectivity index is 1.78.